The maximum atomic E-state index is 13.0. The summed E-state index contributed by atoms with van der Waals surface area (Å²) in [4.78, 5) is 27.4. The fraction of sp³-hybridized carbons (Fsp3) is 0.273. The maximum absolute atomic E-state index is 13.0. The lowest BCUT2D eigenvalue weighted by atomic mass is 10.1. The second-order valence-electron chi connectivity index (χ2n) is 7.29. The van der Waals surface area contributed by atoms with Crippen molar-refractivity contribution in [3.8, 4) is 0 Å². The summed E-state index contributed by atoms with van der Waals surface area (Å²) in [5.74, 6) is -0.288. The minimum atomic E-state index is -0.285. The van der Waals surface area contributed by atoms with Crippen LogP contribution in [0.1, 0.15) is 55.2 Å². The third kappa shape index (κ3) is 4.19. The van der Waals surface area contributed by atoms with E-state index in [1.54, 1.807) is 0 Å². The van der Waals surface area contributed by atoms with E-state index in [2.05, 4.69) is 15.5 Å². The smallest absolute Gasteiger partial charge is 0.286 e. The van der Waals surface area contributed by atoms with Gasteiger partial charge in [0.25, 0.3) is 11.8 Å². The predicted octanol–water partition coefficient (Wildman–Crippen LogP) is 4.38. The summed E-state index contributed by atoms with van der Waals surface area (Å²) >= 11 is 1.25. The van der Waals surface area contributed by atoms with E-state index in [1.807, 2.05) is 67.3 Å². The minimum Gasteiger partial charge on any atom is -0.329 e. The highest BCUT2D eigenvalue weighted by Crippen LogP contribution is 2.34. The van der Waals surface area contributed by atoms with Crippen LogP contribution in [-0.4, -0.2) is 33.5 Å². The molecule has 29 heavy (non-hydrogen) atoms. The molecular formula is C22H22N4O2S. The number of carbonyl (C=O) groups is 2. The Morgan fingerprint density at radius 2 is 1.86 bits per heavy atom. The first-order valence-corrected chi connectivity index (χ1v) is 10.4. The zero-order chi connectivity index (χ0) is 20.4. The van der Waals surface area contributed by atoms with Crippen LogP contribution in [0.15, 0.2) is 48.5 Å². The van der Waals surface area contributed by atoms with Crippen molar-refractivity contribution in [2.24, 2.45) is 0 Å². The Hall–Kier alpha value is -3.06. The molecule has 0 saturated carbocycles. The van der Waals surface area contributed by atoms with Gasteiger partial charge in [-0.1, -0.05) is 46.7 Å². The Bertz CT molecular complexity index is 1040. The molecule has 2 heterocycles. The third-order valence-corrected chi connectivity index (χ3v) is 6.03. The number of hydrogen-bond donors (Lipinski definition) is 1. The molecule has 2 amide bonds. The van der Waals surface area contributed by atoms with E-state index < -0.39 is 0 Å². The van der Waals surface area contributed by atoms with E-state index in [0.29, 0.717) is 22.1 Å². The minimum absolute atomic E-state index is 0.00273. The van der Waals surface area contributed by atoms with Gasteiger partial charge < -0.3 is 10.2 Å². The van der Waals surface area contributed by atoms with E-state index >= 15 is 0 Å². The largest absolute Gasteiger partial charge is 0.329 e. The standard InChI is InChI=1S/C22H22N4O2S/c1-14-8-10-17(11-9-14)23-19(27)21-25-24-20(29-21)18-7-4-12-26(18)22(28)16-6-3-5-15(2)13-16/h3,5-6,8-11,13,18H,4,7,12H2,1-2H3,(H,23,27). The van der Waals surface area contributed by atoms with Gasteiger partial charge in [0.05, 0.1) is 6.04 Å². The number of benzene rings is 2. The molecule has 2 aromatic carbocycles. The lowest BCUT2D eigenvalue weighted by molar-refractivity contribution is 0.0734. The van der Waals surface area contributed by atoms with Crippen LogP contribution in [0.3, 0.4) is 0 Å². The molecule has 1 unspecified atom stereocenters. The quantitative estimate of drug-likeness (QED) is 0.697. The van der Waals surface area contributed by atoms with Crippen molar-refractivity contribution in [2.45, 2.75) is 32.7 Å². The van der Waals surface area contributed by atoms with E-state index in [-0.39, 0.29) is 17.9 Å². The molecule has 0 bridgehead atoms. The first-order valence-electron chi connectivity index (χ1n) is 9.60. The van der Waals surface area contributed by atoms with E-state index in [1.165, 1.54) is 11.3 Å². The number of hydrogen-bond acceptors (Lipinski definition) is 5. The van der Waals surface area contributed by atoms with Crippen LogP contribution in [0.5, 0.6) is 0 Å². The summed E-state index contributed by atoms with van der Waals surface area (Å²) in [5.41, 5.74) is 3.58. The summed E-state index contributed by atoms with van der Waals surface area (Å²) in [5, 5.41) is 12.2. The zero-order valence-corrected chi connectivity index (χ0v) is 17.2. The van der Waals surface area contributed by atoms with Gasteiger partial charge in [-0.25, -0.2) is 0 Å². The normalized spacial score (nSPS) is 16.1. The molecule has 1 saturated heterocycles. The van der Waals surface area contributed by atoms with E-state index in [4.69, 9.17) is 0 Å². The monoisotopic (exact) mass is 406 g/mol. The highest BCUT2D eigenvalue weighted by atomic mass is 32.1. The number of anilines is 1. The third-order valence-electron chi connectivity index (χ3n) is 5.01. The van der Waals surface area contributed by atoms with Crippen molar-refractivity contribution >= 4 is 28.8 Å². The second kappa shape index (κ2) is 8.13. The molecule has 1 fully saturated rings. The van der Waals surface area contributed by atoms with Gasteiger partial charge in [0.2, 0.25) is 5.01 Å². The summed E-state index contributed by atoms with van der Waals surface area (Å²) in [7, 11) is 0. The summed E-state index contributed by atoms with van der Waals surface area (Å²) in [6.07, 6.45) is 1.73. The van der Waals surface area contributed by atoms with Gasteiger partial charge in [0.15, 0.2) is 0 Å². The zero-order valence-electron chi connectivity index (χ0n) is 16.4. The molecule has 0 spiro atoms. The van der Waals surface area contributed by atoms with Crippen molar-refractivity contribution in [3.63, 3.8) is 0 Å². The van der Waals surface area contributed by atoms with Crippen LogP contribution in [0.2, 0.25) is 0 Å². The van der Waals surface area contributed by atoms with Crippen molar-refractivity contribution < 1.29 is 9.59 Å². The Morgan fingerprint density at radius 3 is 2.62 bits per heavy atom. The van der Waals surface area contributed by atoms with Gasteiger partial charge in [0, 0.05) is 17.8 Å². The number of carbonyl (C=O) groups excluding carboxylic acids is 2. The fourth-order valence-corrected chi connectivity index (χ4v) is 4.38. The number of likely N-dealkylation sites (tertiary alicyclic amines) is 1. The summed E-state index contributed by atoms with van der Waals surface area (Å²) in [6, 6.07) is 15.1. The molecule has 6 nitrogen and oxygen atoms in total. The van der Waals surface area contributed by atoms with Gasteiger partial charge >= 0.3 is 0 Å². The summed E-state index contributed by atoms with van der Waals surface area (Å²) in [6.45, 7) is 4.65. The highest BCUT2D eigenvalue weighted by molar-refractivity contribution is 7.13. The Labute approximate surface area is 173 Å². The maximum Gasteiger partial charge on any atom is 0.286 e. The SMILES string of the molecule is Cc1ccc(NC(=O)c2nnc(C3CCCN3C(=O)c3cccc(C)c3)s2)cc1. The average molecular weight is 407 g/mol. The van der Waals surface area contributed by atoms with Crippen molar-refractivity contribution in [3.05, 3.63) is 75.2 Å². The lowest BCUT2D eigenvalue weighted by Gasteiger charge is -2.23. The topological polar surface area (TPSA) is 75.2 Å². The van der Waals surface area contributed by atoms with Gasteiger partial charge in [-0.05, 0) is 51.0 Å². The number of aryl methyl sites for hydroxylation is 2. The molecule has 1 atom stereocenters. The van der Waals surface area contributed by atoms with Crippen LogP contribution in [0.25, 0.3) is 0 Å². The molecular weight excluding hydrogens is 384 g/mol. The van der Waals surface area contributed by atoms with Gasteiger partial charge in [-0.3, -0.25) is 9.59 Å². The van der Waals surface area contributed by atoms with E-state index in [0.717, 1.165) is 29.7 Å². The number of nitrogens with one attached hydrogen (secondary N) is 1. The Kier molecular flexibility index (Phi) is 5.40. The van der Waals surface area contributed by atoms with Gasteiger partial charge in [-0.15, -0.1) is 10.2 Å². The van der Waals surface area contributed by atoms with Crippen molar-refractivity contribution in [2.75, 3.05) is 11.9 Å². The number of rotatable bonds is 4. The Morgan fingerprint density at radius 1 is 1.07 bits per heavy atom. The van der Waals surface area contributed by atoms with Crippen LogP contribution in [-0.2, 0) is 0 Å². The molecule has 1 aromatic heterocycles. The summed E-state index contributed by atoms with van der Waals surface area (Å²) < 4.78 is 0. The first-order chi connectivity index (χ1) is 14.0. The number of amides is 2. The average Bonchev–Trinajstić information content (AvgIpc) is 3.38. The van der Waals surface area contributed by atoms with Crippen LogP contribution in [0.4, 0.5) is 5.69 Å². The fourth-order valence-electron chi connectivity index (χ4n) is 3.49. The van der Waals surface area contributed by atoms with Crippen LogP contribution < -0.4 is 5.32 Å². The van der Waals surface area contributed by atoms with Crippen molar-refractivity contribution in [1.82, 2.24) is 15.1 Å². The van der Waals surface area contributed by atoms with Gasteiger partial charge in [0.1, 0.15) is 5.01 Å². The second-order valence-corrected chi connectivity index (χ2v) is 8.30. The van der Waals surface area contributed by atoms with Crippen LogP contribution >= 0.6 is 11.3 Å². The van der Waals surface area contributed by atoms with Gasteiger partial charge in [-0.2, -0.15) is 0 Å². The molecule has 1 aliphatic heterocycles. The molecule has 4 rings (SSSR count). The number of nitrogens with zero attached hydrogens (tertiary/aromatic N) is 3. The Balaban J connectivity index is 1.49. The molecule has 0 aliphatic carbocycles. The number of aromatic nitrogens is 2. The van der Waals surface area contributed by atoms with Crippen molar-refractivity contribution in [1.29, 1.82) is 0 Å². The van der Waals surface area contributed by atoms with Crippen LogP contribution in [0, 0.1) is 13.8 Å². The molecule has 7 heteroatoms. The molecule has 148 valence electrons. The first kappa shape index (κ1) is 19.3. The highest BCUT2D eigenvalue weighted by Gasteiger charge is 2.33. The van der Waals surface area contributed by atoms with E-state index in [9.17, 15) is 9.59 Å². The predicted molar refractivity (Wildman–Crippen MR) is 113 cm³/mol. The molecule has 1 aliphatic rings. The molecule has 3 aromatic rings. The lowest BCUT2D eigenvalue weighted by Crippen LogP contribution is -2.30. The molecule has 1 N–H and O–H groups in total. The molecule has 0 radical (unpaired) electrons.